The Labute approximate surface area is 189 Å². The molecule has 1 aromatic heterocycles. The fraction of sp³-hybridized carbons (Fsp3) is 0.381. The smallest absolute Gasteiger partial charge is 0.422 e. The number of ether oxygens (including phenoxy) is 1. The zero-order chi connectivity index (χ0) is 23.9. The Bertz CT molecular complexity index is 1120. The summed E-state index contributed by atoms with van der Waals surface area (Å²) in [5, 5.41) is 2.65. The number of amidine groups is 1. The van der Waals surface area contributed by atoms with Crippen molar-refractivity contribution >= 4 is 21.8 Å². The minimum Gasteiger partial charge on any atom is -0.468 e. The van der Waals surface area contributed by atoms with E-state index in [1.807, 2.05) is 0 Å². The number of hydrogen-bond donors (Lipinski definition) is 2. The second-order valence-electron chi connectivity index (χ2n) is 7.29. The number of rotatable bonds is 10. The molecule has 178 valence electrons. The summed E-state index contributed by atoms with van der Waals surface area (Å²) in [5.41, 5.74) is 0.899. The van der Waals surface area contributed by atoms with Crippen molar-refractivity contribution in [1.82, 2.24) is 15.0 Å². The van der Waals surface area contributed by atoms with Gasteiger partial charge in [-0.1, -0.05) is 24.6 Å². The van der Waals surface area contributed by atoms with Gasteiger partial charge < -0.3 is 10.1 Å². The van der Waals surface area contributed by atoms with Crippen LogP contribution in [-0.4, -0.2) is 44.5 Å². The maximum Gasteiger partial charge on any atom is 0.422 e. The van der Waals surface area contributed by atoms with E-state index in [4.69, 9.17) is 4.74 Å². The molecule has 0 bridgehead atoms. The third kappa shape index (κ3) is 7.17. The number of unbranched alkanes of at least 4 members (excludes halogenated alkanes) is 2. The Balaban J connectivity index is 1.37. The molecular formula is C21H23F3N4O4S. The predicted molar refractivity (Wildman–Crippen MR) is 114 cm³/mol. The minimum atomic E-state index is -4.48. The van der Waals surface area contributed by atoms with Crippen molar-refractivity contribution < 1.29 is 31.1 Å². The summed E-state index contributed by atoms with van der Waals surface area (Å²) in [5.74, 6) is -0.0916. The predicted octanol–water partition coefficient (Wildman–Crippen LogP) is 2.94. The number of aromatic nitrogens is 1. The molecule has 2 N–H and O–H groups in total. The molecule has 0 aliphatic carbocycles. The van der Waals surface area contributed by atoms with Gasteiger partial charge in [-0.3, -0.25) is 14.5 Å². The van der Waals surface area contributed by atoms with Gasteiger partial charge in [0.25, 0.3) is 10.0 Å². The molecule has 8 nitrogen and oxygen atoms in total. The van der Waals surface area contributed by atoms with Gasteiger partial charge in [0.15, 0.2) is 6.61 Å². The molecule has 2 aromatic rings. The van der Waals surface area contributed by atoms with Crippen molar-refractivity contribution in [3.63, 3.8) is 0 Å². The van der Waals surface area contributed by atoms with Crippen LogP contribution in [0.3, 0.4) is 0 Å². The number of nitrogens with zero attached hydrogens (tertiary/aromatic N) is 2. The number of sulfonamides is 1. The van der Waals surface area contributed by atoms with E-state index in [-0.39, 0.29) is 29.6 Å². The largest absolute Gasteiger partial charge is 0.468 e. The highest BCUT2D eigenvalue weighted by molar-refractivity contribution is 7.90. The molecule has 0 saturated heterocycles. The SMILES string of the molecule is O=C(CCCCCN=C1NS(=O)(=O)c2ccccc21)NCc1cccnc1OCC(F)(F)F. The first kappa shape index (κ1) is 24.5. The van der Waals surface area contributed by atoms with E-state index in [1.165, 1.54) is 18.3 Å². The highest BCUT2D eigenvalue weighted by atomic mass is 32.2. The average molecular weight is 485 g/mol. The number of nitrogens with one attached hydrogen (secondary N) is 2. The fourth-order valence-corrected chi connectivity index (χ4v) is 4.39. The van der Waals surface area contributed by atoms with Crippen LogP contribution in [0.4, 0.5) is 13.2 Å². The monoisotopic (exact) mass is 484 g/mol. The number of pyridine rings is 1. The van der Waals surface area contributed by atoms with Crippen LogP contribution in [0, 0.1) is 0 Å². The quantitative estimate of drug-likeness (QED) is 0.504. The van der Waals surface area contributed by atoms with Crippen molar-refractivity contribution in [3.05, 3.63) is 53.7 Å². The number of aliphatic imine (C=N–C) groups is 1. The molecule has 0 radical (unpaired) electrons. The number of alkyl halides is 3. The molecule has 2 heterocycles. The van der Waals surface area contributed by atoms with Crippen LogP contribution in [0.15, 0.2) is 52.5 Å². The third-order valence-electron chi connectivity index (χ3n) is 4.69. The third-order valence-corrected chi connectivity index (χ3v) is 6.09. The fourth-order valence-electron chi connectivity index (χ4n) is 3.14. The summed E-state index contributed by atoms with van der Waals surface area (Å²) >= 11 is 0. The van der Waals surface area contributed by atoms with E-state index >= 15 is 0 Å². The van der Waals surface area contributed by atoms with Crippen molar-refractivity contribution in [2.45, 2.75) is 43.3 Å². The van der Waals surface area contributed by atoms with Gasteiger partial charge in [0.05, 0.1) is 4.90 Å². The van der Waals surface area contributed by atoms with E-state index < -0.39 is 22.8 Å². The van der Waals surface area contributed by atoms with Crippen LogP contribution >= 0.6 is 0 Å². The van der Waals surface area contributed by atoms with E-state index in [2.05, 4.69) is 20.0 Å². The van der Waals surface area contributed by atoms with Gasteiger partial charge in [0.1, 0.15) is 5.84 Å². The van der Waals surface area contributed by atoms with Gasteiger partial charge in [0, 0.05) is 36.8 Å². The maximum absolute atomic E-state index is 12.3. The zero-order valence-electron chi connectivity index (χ0n) is 17.6. The summed E-state index contributed by atoms with van der Waals surface area (Å²) in [6, 6.07) is 9.69. The van der Waals surface area contributed by atoms with Gasteiger partial charge in [-0.2, -0.15) is 13.2 Å². The lowest BCUT2D eigenvalue weighted by atomic mass is 10.1. The molecule has 1 aliphatic heterocycles. The molecule has 0 unspecified atom stereocenters. The molecule has 12 heteroatoms. The highest BCUT2D eigenvalue weighted by Crippen LogP contribution is 2.22. The molecule has 0 spiro atoms. The maximum atomic E-state index is 12.3. The molecule has 0 atom stereocenters. The van der Waals surface area contributed by atoms with Gasteiger partial charge in [0.2, 0.25) is 11.8 Å². The van der Waals surface area contributed by atoms with Crippen LogP contribution in [0.5, 0.6) is 5.88 Å². The minimum absolute atomic E-state index is 0.00701. The van der Waals surface area contributed by atoms with E-state index in [0.29, 0.717) is 42.8 Å². The van der Waals surface area contributed by atoms with Crippen LogP contribution in [0.25, 0.3) is 0 Å². The normalized spacial score (nSPS) is 15.7. The number of amides is 1. The van der Waals surface area contributed by atoms with E-state index in [9.17, 15) is 26.4 Å². The molecule has 1 aromatic carbocycles. The first-order valence-electron chi connectivity index (χ1n) is 10.2. The molecule has 1 amide bonds. The Hall–Kier alpha value is -3.15. The average Bonchev–Trinajstić information content (AvgIpc) is 3.03. The lowest BCUT2D eigenvalue weighted by molar-refractivity contribution is -0.154. The summed E-state index contributed by atoms with van der Waals surface area (Å²) in [4.78, 5) is 20.4. The topological polar surface area (TPSA) is 110 Å². The summed E-state index contributed by atoms with van der Waals surface area (Å²) < 4.78 is 68.2. The van der Waals surface area contributed by atoms with Gasteiger partial charge in [-0.25, -0.2) is 13.4 Å². The number of benzene rings is 1. The van der Waals surface area contributed by atoms with E-state index in [1.54, 1.807) is 24.3 Å². The molecule has 0 fully saturated rings. The van der Waals surface area contributed by atoms with Crippen molar-refractivity contribution in [3.8, 4) is 5.88 Å². The van der Waals surface area contributed by atoms with Crippen LogP contribution in [0.1, 0.15) is 36.8 Å². The summed E-state index contributed by atoms with van der Waals surface area (Å²) in [6.07, 6.45) is -0.970. The zero-order valence-corrected chi connectivity index (χ0v) is 18.4. The van der Waals surface area contributed by atoms with E-state index in [0.717, 1.165) is 0 Å². The number of carbonyl (C=O) groups excluding carboxylic acids is 1. The van der Waals surface area contributed by atoms with Gasteiger partial charge in [-0.15, -0.1) is 0 Å². The standard InChI is InChI=1S/C21H23F3N4O4S/c22-21(23,24)14-32-20-15(7-6-12-26-20)13-27-18(29)10-2-1-5-11-25-19-16-8-3-4-9-17(16)33(30,31)28-19/h3-4,6-9,12H,1-2,5,10-11,13-14H2,(H,25,28)(H,27,29). The van der Waals surface area contributed by atoms with Crippen molar-refractivity contribution in [1.29, 1.82) is 0 Å². The molecular weight excluding hydrogens is 461 g/mol. The molecule has 3 rings (SSSR count). The Kier molecular flexibility index (Phi) is 7.90. The second-order valence-corrected chi connectivity index (χ2v) is 8.94. The molecule has 1 aliphatic rings. The Morgan fingerprint density at radius 2 is 1.91 bits per heavy atom. The number of halogens is 3. The van der Waals surface area contributed by atoms with Crippen LogP contribution in [-0.2, 0) is 21.4 Å². The first-order valence-corrected chi connectivity index (χ1v) is 11.7. The highest BCUT2D eigenvalue weighted by Gasteiger charge is 2.30. The first-order chi connectivity index (χ1) is 15.7. The van der Waals surface area contributed by atoms with Gasteiger partial charge in [-0.05, 0) is 31.0 Å². The number of hydrogen-bond acceptors (Lipinski definition) is 6. The number of fused-ring (bicyclic) bond motifs is 1. The molecule has 0 saturated carbocycles. The van der Waals surface area contributed by atoms with Crippen LogP contribution < -0.4 is 14.8 Å². The van der Waals surface area contributed by atoms with Crippen molar-refractivity contribution in [2.75, 3.05) is 13.2 Å². The summed E-state index contributed by atoms with van der Waals surface area (Å²) in [6.45, 7) is -1.04. The Morgan fingerprint density at radius 3 is 2.70 bits per heavy atom. The number of carbonyl (C=O) groups is 1. The Morgan fingerprint density at radius 1 is 1.12 bits per heavy atom. The lowest BCUT2D eigenvalue weighted by Crippen LogP contribution is -2.24. The molecule has 33 heavy (non-hydrogen) atoms. The lowest BCUT2D eigenvalue weighted by Gasteiger charge is -2.12. The van der Waals surface area contributed by atoms with Crippen LogP contribution in [0.2, 0.25) is 0 Å². The van der Waals surface area contributed by atoms with Crippen molar-refractivity contribution in [2.24, 2.45) is 4.99 Å². The summed E-state index contributed by atoms with van der Waals surface area (Å²) in [7, 11) is -3.56. The van der Waals surface area contributed by atoms with Gasteiger partial charge >= 0.3 is 6.18 Å². The second kappa shape index (κ2) is 10.6.